The van der Waals surface area contributed by atoms with E-state index >= 15 is 0 Å². The van der Waals surface area contributed by atoms with E-state index in [1.807, 2.05) is 0 Å². The highest BCUT2D eigenvalue weighted by Crippen LogP contribution is 2.59. The van der Waals surface area contributed by atoms with Crippen molar-refractivity contribution in [2.45, 2.75) is 69.5 Å². The van der Waals surface area contributed by atoms with Crippen LogP contribution in [0.2, 0.25) is 0 Å². The molecule has 7 heteroatoms. The predicted molar refractivity (Wildman–Crippen MR) is 124 cm³/mol. The van der Waals surface area contributed by atoms with Crippen LogP contribution in [0.5, 0.6) is 0 Å². The van der Waals surface area contributed by atoms with Crippen molar-refractivity contribution in [2.75, 3.05) is 13.7 Å². The number of rotatable bonds is 10. The van der Waals surface area contributed by atoms with Crippen LogP contribution in [0.15, 0.2) is 60.3 Å². The topological polar surface area (TPSA) is 97.9 Å². The van der Waals surface area contributed by atoms with Gasteiger partial charge in [-0.15, -0.1) is 0 Å². The van der Waals surface area contributed by atoms with Crippen LogP contribution in [-0.4, -0.2) is 60.3 Å². The Morgan fingerprint density at radius 1 is 1.09 bits per heavy atom. The Hall–Kier alpha value is -2.48. The summed E-state index contributed by atoms with van der Waals surface area (Å²) in [6.07, 6.45) is 16.0. The second kappa shape index (κ2) is 10.6. The maximum absolute atomic E-state index is 12.4. The molecule has 0 aromatic rings. The molecule has 0 bridgehead atoms. The molecule has 6 atom stereocenters. The lowest BCUT2D eigenvalue weighted by Gasteiger charge is -2.42. The molecule has 2 saturated heterocycles. The van der Waals surface area contributed by atoms with Gasteiger partial charge in [0, 0.05) is 19.3 Å². The van der Waals surface area contributed by atoms with Crippen LogP contribution in [-0.2, 0) is 28.5 Å². The van der Waals surface area contributed by atoms with E-state index < -0.39 is 11.9 Å². The number of ether oxygens (including phenoxy) is 4. The largest absolute Gasteiger partial charge is 0.478 e. The van der Waals surface area contributed by atoms with Gasteiger partial charge >= 0.3 is 11.9 Å². The Kier molecular flexibility index (Phi) is 8.10. The fraction of sp³-hybridized carbons (Fsp3) is 0.538. The van der Waals surface area contributed by atoms with E-state index in [0.29, 0.717) is 13.0 Å². The molecule has 3 aliphatic rings. The lowest BCUT2D eigenvalue weighted by molar-refractivity contribution is -0.166. The van der Waals surface area contributed by atoms with Crippen molar-refractivity contribution < 1.29 is 33.6 Å². The molecule has 33 heavy (non-hydrogen) atoms. The summed E-state index contributed by atoms with van der Waals surface area (Å²) in [5, 5.41) is 8.51. The van der Waals surface area contributed by atoms with Gasteiger partial charge in [-0.25, -0.2) is 9.59 Å². The first-order chi connectivity index (χ1) is 15.7. The zero-order chi connectivity index (χ0) is 24.1. The summed E-state index contributed by atoms with van der Waals surface area (Å²) in [4.78, 5) is 22.8. The van der Waals surface area contributed by atoms with Crippen molar-refractivity contribution in [3.05, 3.63) is 60.3 Å². The molecule has 1 aliphatic carbocycles. The van der Waals surface area contributed by atoms with Gasteiger partial charge < -0.3 is 24.1 Å². The van der Waals surface area contributed by atoms with Crippen molar-refractivity contribution in [3.63, 3.8) is 0 Å². The Morgan fingerprint density at radius 3 is 2.30 bits per heavy atom. The summed E-state index contributed by atoms with van der Waals surface area (Å²) in [7, 11) is 1.65. The third-order valence-corrected chi connectivity index (χ3v) is 6.53. The Labute approximate surface area is 195 Å². The van der Waals surface area contributed by atoms with Gasteiger partial charge in [-0.05, 0) is 40.0 Å². The fourth-order valence-electron chi connectivity index (χ4n) is 4.79. The number of aliphatic carboxylic acids is 1. The predicted octanol–water partition coefficient (Wildman–Crippen LogP) is 3.92. The number of carboxylic acid groups (broad SMARTS) is 1. The minimum Gasteiger partial charge on any atom is -0.478 e. The van der Waals surface area contributed by atoms with Crippen LogP contribution >= 0.6 is 0 Å². The van der Waals surface area contributed by atoms with Crippen LogP contribution in [0, 0.1) is 5.92 Å². The molecule has 2 aliphatic heterocycles. The number of allylic oxidation sites excluding steroid dienone is 7. The maximum Gasteiger partial charge on any atom is 0.331 e. The monoisotopic (exact) mass is 458 g/mol. The van der Waals surface area contributed by atoms with Crippen LogP contribution in [0.4, 0.5) is 0 Å². The lowest BCUT2D eigenvalue weighted by Crippen LogP contribution is -2.55. The summed E-state index contributed by atoms with van der Waals surface area (Å²) in [5.74, 6) is -1.45. The third kappa shape index (κ3) is 6.31. The summed E-state index contributed by atoms with van der Waals surface area (Å²) in [6.45, 7) is 6.96. The smallest absolute Gasteiger partial charge is 0.331 e. The van der Waals surface area contributed by atoms with Gasteiger partial charge in [0.1, 0.15) is 23.4 Å². The van der Waals surface area contributed by atoms with Crippen LogP contribution in [0.25, 0.3) is 0 Å². The molecule has 180 valence electrons. The average Bonchev–Trinajstić information content (AvgIpc) is 3.67. The molecule has 0 aromatic carbocycles. The number of hydrogen-bond acceptors (Lipinski definition) is 6. The second-order valence-corrected chi connectivity index (χ2v) is 9.18. The summed E-state index contributed by atoms with van der Waals surface area (Å²) in [5.41, 5.74) is 0.642. The first kappa shape index (κ1) is 25.1. The van der Waals surface area contributed by atoms with E-state index in [2.05, 4.69) is 26.8 Å². The molecule has 2 heterocycles. The average molecular weight is 459 g/mol. The number of carbonyl (C=O) groups is 2. The molecular formula is C26H34O7. The highest BCUT2D eigenvalue weighted by molar-refractivity contribution is 5.82. The molecule has 3 rings (SSSR count). The molecule has 1 saturated carbocycles. The van der Waals surface area contributed by atoms with E-state index in [9.17, 15) is 9.59 Å². The van der Waals surface area contributed by atoms with Gasteiger partial charge in [0.15, 0.2) is 0 Å². The maximum atomic E-state index is 12.4. The third-order valence-electron chi connectivity index (χ3n) is 6.53. The van der Waals surface area contributed by atoms with Crippen LogP contribution in [0.1, 0.15) is 40.0 Å². The molecule has 1 spiro atoms. The van der Waals surface area contributed by atoms with Gasteiger partial charge in [-0.2, -0.15) is 0 Å². The zero-order valence-electron chi connectivity index (χ0n) is 19.7. The van der Waals surface area contributed by atoms with Gasteiger partial charge in [-0.3, -0.25) is 0 Å². The van der Waals surface area contributed by atoms with E-state index in [-0.39, 0.29) is 35.4 Å². The van der Waals surface area contributed by atoms with Gasteiger partial charge in [0.25, 0.3) is 0 Å². The number of carboxylic acids is 1. The van der Waals surface area contributed by atoms with Crippen molar-refractivity contribution in [3.8, 4) is 0 Å². The highest BCUT2D eigenvalue weighted by Gasteiger charge is 2.72. The van der Waals surface area contributed by atoms with Crippen molar-refractivity contribution in [2.24, 2.45) is 5.92 Å². The van der Waals surface area contributed by atoms with E-state index in [1.165, 1.54) is 17.7 Å². The van der Waals surface area contributed by atoms with Crippen molar-refractivity contribution >= 4 is 11.9 Å². The highest BCUT2D eigenvalue weighted by atomic mass is 16.6. The Morgan fingerprint density at radius 2 is 1.73 bits per heavy atom. The molecule has 7 nitrogen and oxygen atoms in total. The summed E-state index contributed by atoms with van der Waals surface area (Å²) in [6, 6.07) is 0. The van der Waals surface area contributed by atoms with E-state index in [4.69, 9.17) is 24.1 Å². The molecular weight excluding hydrogens is 424 g/mol. The van der Waals surface area contributed by atoms with Crippen molar-refractivity contribution in [1.82, 2.24) is 0 Å². The zero-order valence-corrected chi connectivity index (χ0v) is 19.7. The Bertz CT molecular complexity index is 873. The van der Waals surface area contributed by atoms with Gasteiger partial charge in [0.05, 0.1) is 18.6 Å². The van der Waals surface area contributed by atoms with Gasteiger partial charge in [0.2, 0.25) is 0 Å². The standard InChI is InChI=1S/C26H34O7/c1-18(2)13-14-20-25(3,33-20)24-23(30-4)19(15-16-26(24)17-31-26)32-22(29)12-10-8-6-5-7-9-11-21(27)28/h5-13,19-20,23-24H,14-17H2,1-4H3,(H,27,28)/t19-,20-,23-,24?,25?,26+/m1/s1. The molecule has 0 radical (unpaired) electrons. The van der Waals surface area contributed by atoms with Crippen LogP contribution < -0.4 is 0 Å². The summed E-state index contributed by atoms with van der Waals surface area (Å²) < 4.78 is 23.8. The second-order valence-electron chi connectivity index (χ2n) is 9.18. The molecule has 0 amide bonds. The van der Waals surface area contributed by atoms with E-state index in [1.54, 1.807) is 37.5 Å². The molecule has 2 unspecified atom stereocenters. The number of hydrogen-bond donors (Lipinski definition) is 1. The minimum absolute atomic E-state index is 0.00928. The number of epoxide rings is 2. The number of esters is 1. The molecule has 0 aromatic heterocycles. The van der Waals surface area contributed by atoms with Gasteiger partial charge in [-0.1, -0.05) is 48.1 Å². The number of methoxy groups -OCH3 is 1. The molecule has 3 fully saturated rings. The van der Waals surface area contributed by atoms with E-state index in [0.717, 1.165) is 18.9 Å². The first-order valence-electron chi connectivity index (χ1n) is 11.3. The quantitative estimate of drug-likeness (QED) is 0.174. The normalized spacial score (nSPS) is 35.6. The fourth-order valence-corrected chi connectivity index (χ4v) is 4.79. The lowest BCUT2D eigenvalue weighted by atomic mass is 9.68. The van der Waals surface area contributed by atoms with Crippen molar-refractivity contribution in [1.29, 1.82) is 0 Å². The minimum atomic E-state index is -1.00. The number of carbonyl (C=O) groups excluding carboxylic acids is 1. The Balaban J connectivity index is 1.59. The SMILES string of the molecule is CO[C@H]1C(C2(C)O[C@@H]2CC=C(C)C)[C@]2(CC[C@H]1OC(=O)C=CC=CC=CC=CC(=O)O)CO2. The summed E-state index contributed by atoms with van der Waals surface area (Å²) >= 11 is 0. The van der Waals surface area contributed by atoms with Crippen LogP contribution in [0.3, 0.4) is 0 Å². The first-order valence-corrected chi connectivity index (χ1v) is 11.3. The molecule has 1 N–H and O–H groups in total.